The molecule has 16 heavy (non-hydrogen) atoms. The third-order valence-corrected chi connectivity index (χ3v) is 2.41. The maximum absolute atomic E-state index is 11.4. The molecule has 0 unspecified atom stereocenters. The first-order valence-corrected chi connectivity index (χ1v) is 5.19. The van der Waals surface area contributed by atoms with Crippen LogP contribution in [0.15, 0.2) is 12.1 Å². The Hall–Kier alpha value is -1.55. The first kappa shape index (κ1) is 12.5. The van der Waals surface area contributed by atoms with Gasteiger partial charge in [-0.3, -0.25) is 0 Å². The summed E-state index contributed by atoms with van der Waals surface area (Å²) >= 11 is 0. The molecule has 0 amide bonds. The minimum atomic E-state index is -0.794. The van der Waals surface area contributed by atoms with Crippen LogP contribution in [-0.2, 0) is 9.53 Å². The van der Waals surface area contributed by atoms with Gasteiger partial charge in [0.05, 0.1) is 6.61 Å². The van der Waals surface area contributed by atoms with Crippen LogP contribution in [0.1, 0.15) is 29.7 Å². The molecule has 0 spiro atoms. The van der Waals surface area contributed by atoms with Crippen molar-refractivity contribution in [3.05, 3.63) is 28.8 Å². The Morgan fingerprint density at radius 2 is 1.94 bits per heavy atom. The molecule has 0 radical (unpaired) electrons. The second-order valence-corrected chi connectivity index (χ2v) is 3.73. The summed E-state index contributed by atoms with van der Waals surface area (Å²) in [6.45, 7) is 5.58. The van der Waals surface area contributed by atoms with Crippen LogP contribution in [0, 0.1) is 13.8 Å². The van der Waals surface area contributed by atoms with E-state index in [1.54, 1.807) is 32.9 Å². The number of benzene rings is 1. The zero-order valence-electron chi connectivity index (χ0n) is 9.78. The number of carbonyl (C=O) groups excluding carboxylic acids is 1. The van der Waals surface area contributed by atoms with E-state index in [1.165, 1.54) is 0 Å². The van der Waals surface area contributed by atoms with E-state index in [4.69, 9.17) is 10.5 Å². The predicted octanol–water partition coefficient (Wildman–Crippen LogP) is 1.57. The molecule has 0 aromatic heterocycles. The summed E-state index contributed by atoms with van der Waals surface area (Å²) in [4.78, 5) is 11.4. The van der Waals surface area contributed by atoms with Crippen LogP contribution in [0.25, 0.3) is 0 Å². The van der Waals surface area contributed by atoms with Crippen molar-refractivity contribution in [1.29, 1.82) is 0 Å². The molecule has 88 valence electrons. The van der Waals surface area contributed by atoms with Gasteiger partial charge in [0.1, 0.15) is 11.8 Å². The Labute approximate surface area is 95.0 Å². The molecular weight excluding hydrogens is 206 g/mol. The number of carbonyl (C=O) groups is 1. The molecule has 0 aliphatic rings. The van der Waals surface area contributed by atoms with Crippen molar-refractivity contribution in [1.82, 2.24) is 0 Å². The van der Waals surface area contributed by atoms with E-state index >= 15 is 0 Å². The summed E-state index contributed by atoms with van der Waals surface area (Å²) in [5.74, 6) is -0.216. The second kappa shape index (κ2) is 4.99. The van der Waals surface area contributed by atoms with Gasteiger partial charge in [-0.25, -0.2) is 4.79 Å². The number of rotatable bonds is 3. The molecule has 0 aliphatic heterocycles. The Morgan fingerprint density at radius 3 is 2.38 bits per heavy atom. The van der Waals surface area contributed by atoms with Crippen molar-refractivity contribution >= 4 is 5.97 Å². The highest BCUT2D eigenvalue weighted by molar-refractivity contribution is 5.77. The largest absolute Gasteiger partial charge is 0.507 e. The molecule has 0 bridgehead atoms. The third kappa shape index (κ3) is 2.52. The number of esters is 1. The normalized spacial score (nSPS) is 12.2. The number of ether oxygens (including phenoxy) is 1. The summed E-state index contributed by atoms with van der Waals surface area (Å²) in [6.07, 6.45) is 0. The molecule has 3 N–H and O–H groups in total. The van der Waals surface area contributed by atoms with Gasteiger partial charge >= 0.3 is 5.97 Å². The number of hydrogen-bond donors (Lipinski definition) is 2. The molecule has 0 heterocycles. The number of aromatic hydroxyl groups is 1. The molecular formula is C12H17NO3. The molecule has 1 aromatic rings. The van der Waals surface area contributed by atoms with E-state index < -0.39 is 12.0 Å². The summed E-state index contributed by atoms with van der Waals surface area (Å²) in [5, 5.41) is 9.60. The summed E-state index contributed by atoms with van der Waals surface area (Å²) in [7, 11) is 0. The number of hydrogen-bond acceptors (Lipinski definition) is 4. The van der Waals surface area contributed by atoms with Crippen LogP contribution >= 0.6 is 0 Å². The lowest BCUT2D eigenvalue weighted by Gasteiger charge is -2.13. The standard InChI is InChI=1S/C12H17NO3/c1-4-16-12(15)10(13)9-5-7(2)11(14)8(3)6-9/h5-6,10,14H,4,13H2,1-3H3/t10-/m0/s1. The van der Waals surface area contributed by atoms with Gasteiger partial charge in [0.25, 0.3) is 0 Å². The van der Waals surface area contributed by atoms with Crippen LogP contribution in [0.3, 0.4) is 0 Å². The fourth-order valence-electron chi connectivity index (χ4n) is 1.54. The molecule has 1 aromatic carbocycles. The van der Waals surface area contributed by atoms with Gasteiger partial charge in [0, 0.05) is 0 Å². The molecule has 1 atom stereocenters. The van der Waals surface area contributed by atoms with Crippen molar-refractivity contribution in [2.24, 2.45) is 5.73 Å². The highest BCUT2D eigenvalue weighted by Crippen LogP contribution is 2.25. The molecule has 1 rings (SSSR count). The Bertz CT molecular complexity index is 378. The van der Waals surface area contributed by atoms with E-state index in [-0.39, 0.29) is 5.75 Å². The van der Waals surface area contributed by atoms with Crippen molar-refractivity contribution in [3.63, 3.8) is 0 Å². The van der Waals surface area contributed by atoms with Crippen LogP contribution < -0.4 is 5.73 Å². The SMILES string of the molecule is CCOC(=O)[C@@H](N)c1cc(C)c(O)c(C)c1. The van der Waals surface area contributed by atoms with Gasteiger partial charge in [0.15, 0.2) is 0 Å². The van der Waals surface area contributed by atoms with E-state index in [0.717, 1.165) is 0 Å². The maximum atomic E-state index is 11.4. The second-order valence-electron chi connectivity index (χ2n) is 3.73. The lowest BCUT2D eigenvalue weighted by molar-refractivity contribution is -0.144. The molecule has 0 saturated carbocycles. The van der Waals surface area contributed by atoms with Crippen LogP contribution in [0.2, 0.25) is 0 Å². The van der Waals surface area contributed by atoms with Crippen LogP contribution in [-0.4, -0.2) is 17.7 Å². The van der Waals surface area contributed by atoms with Crippen molar-refractivity contribution in [3.8, 4) is 5.75 Å². The van der Waals surface area contributed by atoms with Gasteiger partial charge in [0.2, 0.25) is 0 Å². The molecule has 0 saturated heterocycles. The van der Waals surface area contributed by atoms with Crippen molar-refractivity contribution in [2.75, 3.05) is 6.61 Å². The lowest BCUT2D eigenvalue weighted by Crippen LogP contribution is -2.23. The average molecular weight is 223 g/mol. The quantitative estimate of drug-likeness (QED) is 0.763. The summed E-state index contributed by atoms with van der Waals surface area (Å²) < 4.78 is 4.84. The minimum absolute atomic E-state index is 0.236. The highest BCUT2D eigenvalue weighted by Gasteiger charge is 2.18. The van der Waals surface area contributed by atoms with E-state index in [0.29, 0.717) is 23.3 Å². The zero-order chi connectivity index (χ0) is 12.3. The van der Waals surface area contributed by atoms with E-state index in [2.05, 4.69) is 0 Å². The molecule has 0 fully saturated rings. The smallest absolute Gasteiger partial charge is 0.327 e. The minimum Gasteiger partial charge on any atom is -0.507 e. The van der Waals surface area contributed by atoms with Gasteiger partial charge in [-0.2, -0.15) is 0 Å². The van der Waals surface area contributed by atoms with Gasteiger partial charge in [-0.05, 0) is 37.5 Å². The Morgan fingerprint density at radius 1 is 1.44 bits per heavy atom. The fraction of sp³-hybridized carbons (Fsp3) is 0.417. The highest BCUT2D eigenvalue weighted by atomic mass is 16.5. The maximum Gasteiger partial charge on any atom is 0.327 e. The van der Waals surface area contributed by atoms with E-state index in [1.807, 2.05) is 0 Å². The van der Waals surface area contributed by atoms with Crippen LogP contribution in [0.5, 0.6) is 5.75 Å². The van der Waals surface area contributed by atoms with Gasteiger partial charge in [-0.15, -0.1) is 0 Å². The van der Waals surface area contributed by atoms with Gasteiger partial charge in [-0.1, -0.05) is 12.1 Å². The molecule has 4 nitrogen and oxygen atoms in total. The third-order valence-electron chi connectivity index (χ3n) is 2.41. The number of nitrogens with two attached hydrogens (primary N) is 1. The Balaban J connectivity index is 3.01. The number of phenolic OH excluding ortho intramolecular Hbond substituents is 1. The van der Waals surface area contributed by atoms with Crippen molar-refractivity contribution < 1.29 is 14.6 Å². The summed E-state index contributed by atoms with van der Waals surface area (Å²) in [6, 6.07) is 2.60. The Kier molecular flexibility index (Phi) is 3.90. The number of aryl methyl sites for hydroxylation is 2. The summed E-state index contributed by atoms with van der Waals surface area (Å²) in [5.41, 5.74) is 7.82. The van der Waals surface area contributed by atoms with E-state index in [9.17, 15) is 9.90 Å². The monoisotopic (exact) mass is 223 g/mol. The van der Waals surface area contributed by atoms with Gasteiger partial charge < -0.3 is 15.6 Å². The first-order valence-electron chi connectivity index (χ1n) is 5.19. The lowest BCUT2D eigenvalue weighted by atomic mass is 10.0. The predicted molar refractivity (Wildman–Crippen MR) is 61.1 cm³/mol. The molecule has 4 heteroatoms. The number of phenols is 1. The first-order chi connectivity index (χ1) is 7.47. The average Bonchev–Trinajstić information content (AvgIpc) is 2.24. The molecule has 0 aliphatic carbocycles. The van der Waals surface area contributed by atoms with Crippen molar-refractivity contribution in [2.45, 2.75) is 26.8 Å². The van der Waals surface area contributed by atoms with Crippen LogP contribution in [0.4, 0.5) is 0 Å². The fourth-order valence-corrected chi connectivity index (χ4v) is 1.54. The zero-order valence-corrected chi connectivity index (χ0v) is 9.78. The topological polar surface area (TPSA) is 72.5 Å².